The number of fused-ring (bicyclic) bond motifs is 3. The van der Waals surface area contributed by atoms with Gasteiger partial charge >= 0.3 is 0 Å². The monoisotopic (exact) mass is 437 g/mol. The lowest BCUT2D eigenvalue weighted by Gasteiger charge is -2.27. The summed E-state index contributed by atoms with van der Waals surface area (Å²) in [5, 5.41) is 3.86. The van der Waals surface area contributed by atoms with E-state index in [4.69, 9.17) is 14.2 Å². The molecule has 0 spiro atoms. The van der Waals surface area contributed by atoms with Crippen LogP contribution in [0, 0.1) is 6.92 Å². The van der Waals surface area contributed by atoms with Crippen molar-refractivity contribution in [3.8, 4) is 17.2 Å². The van der Waals surface area contributed by atoms with Crippen molar-refractivity contribution in [1.82, 2.24) is 15.2 Å². The molecule has 0 bridgehead atoms. The Kier molecular flexibility index (Phi) is 5.94. The Morgan fingerprint density at radius 3 is 2.44 bits per heavy atom. The molecule has 8 heteroatoms. The van der Waals surface area contributed by atoms with Gasteiger partial charge in [0.1, 0.15) is 0 Å². The summed E-state index contributed by atoms with van der Waals surface area (Å²) >= 11 is 0. The second kappa shape index (κ2) is 8.82. The van der Waals surface area contributed by atoms with E-state index in [0.29, 0.717) is 35.9 Å². The number of nitrogens with one attached hydrogen (secondary N) is 2. The number of hydrogen-bond donors (Lipinski definition) is 2. The average Bonchev–Trinajstić information content (AvgIpc) is 3.18. The number of methoxy groups -OCH3 is 3. The van der Waals surface area contributed by atoms with Gasteiger partial charge in [-0.2, -0.15) is 0 Å². The van der Waals surface area contributed by atoms with Crippen LogP contribution >= 0.6 is 0 Å². The van der Waals surface area contributed by atoms with Crippen LogP contribution in [-0.2, 0) is 17.8 Å². The molecule has 1 aliphatic heterocycles. The summed E-state index contributed by atoms with van der Waals surface area (Å²) in [5.41, 5.74) is 4.92. The van der Waals surface area contributed by atoms with Gasteiger partial charge in [-0.25, -0.2) is 0 Å². The van der Waals surface area contributed by atoms with Crippen LogP contribution in [0.4, 0.5) is 0 Å². The standard InChI is InChI=1S/C24H27N3O5/c1-14-5-6-18-16(9-14)17-13-27(8-7-19(17)26-18)22(28)12-25-24(29)15-10-20(30-2)23(32-4)21(11-15)31-3/h5-6,9-11,26H,7-8,12-13H2,1-4H3,(H,25,29). The summed E-state index contributed by atoms with van der Waals surface area (Å²) in [6.07, 6.45) is 0.760. The van der Waals surface area contributed by atoms with Crippen molar-refractivity contribution < 1.29 is 23.8 Å². The number of rotatable bonds is 6. The zero-order valence-corrected chi connectivity index (χ0v) is 18.7. The van der Waals surface area contributed by atoms with E-state index in [0.717, 1.165) is 22.9 Å². The molecule has 8 nitrogen and oxygen atoms in total. The number of aryl methyl sites for hydroxylation is 1. The lowest BCUT2D eigenvalue weighted by molar-refractivity contribution is -0.131. The highest BCUT2D eigenvalue weighted by atomic mass is 16.5. The maximum Gasteiger partial charge on any atom is 0.251 e. The SMILES string of the molecule is COc1cc(C(=O)NCC(=O)N2CCc3[nH]c4ccc(C)cc4c3C2)cc(OC)c1OC. The van der Waals surface area contributed by atoms with Gasteiger partial charge in [0, 0.05) is 47.2 Å². The van der Waals surface area contributed by atoms with Crippen molar-refractivity contribution >= 4 is 22.7 Å². The van der Waals surface area contributed by atoms with Crippen LogP contribution in [0.25, 0.3) is 10.9 Å². The molecule has 3 aromatic rings. The van der Waals surface area contributed by atoms with Crippen molar-refractivity contribution in [1.29, 1.82) is 0 Å². The van der Waals surface area contributed by atoms with Crippen LogP contribution in [0.1, 0.15) is 27.2 Å². The average molecular weight is 437 g/mol. The number of nitrogens with zero attached hydrogens (tertiary/aromatic N) is 1. The highest BCUT2D eigenvalue weighted by Gasteiger charge is 2.25. The predicted molar refractivity (Wildman–Crippen MR) is 121 cm³/mol. The fraction of sp³-hybridized carbons (Fsp3) is 0.333. The quantitative estimate of drug-likeness (QED) is 0.619. The van der Waals surface area contributed by atoms with Gasteiger partial charge < -0.3 is 29.4 Å². The molecule has 0 saturated carbocycles. The van der Waals surface area contributed by atoms with Gasteiger partial charge in [-0.05, 0) is 31.2 Å². The molecule has 32 heavy (non-hydrogen) atoms. The summed E-state index contributed by atoms with van der Waals surface area (Å²) in [5.74, 6) is 0.639. The van der Waals surface area contributed by atoms with Crippen LogP contribution in [0.2, 0.25) is 0 Å². The zero-order valence-electron chi connectivity index (χ0n) is 18.7. The number of aromatic amines is 1. The minimum Gasteiger partial charge on any atom is -0.493 e. The molecular weight excluding hydrogens is 410 g/mol. The van der Waals surface area contributed by atoms with Gasteiger partial charge in [0.05, 0.1) is 27.9 Å². The smallest absolute Gasteiger partial charge is 0.251 e. The third kappa shape index (κ3) is 3.95. The van der Waals surface area contributed by atoms with Crippen molar-refractivity contribution in [2.45, 2.75) is 19.9 Å². The van der Waals surface area contributed by atoms with E-state index < -0.39 is 5.91 Å². The number of hydrogen-bond acceptors (Lipinski definition) is 5. The molecule has 2 amide bonds. The number of carbonyl (C=O) groups excluding carboxylic acids is 2. The van der Waals surface area contributed by atoms with Crippen molar-refractivity contribution in [3.05, 3.63) is 52.7 Å². The predicted octanol–water partition coefficient (Wildman–Crippen LogP) is 2.82. The number of carbonyl (C=O) groups is 2. The second-order valence-electron chi connectivity index (χ2n) is 7.79. The molecular formula is C24H27N3O5. The Bertz CT molecular complexity index is 1160. The lowest BCUT2D eigenvalue weighted by atomic mass is 10.0. The van der Waals surface area contributed by atoms with Gasteiger partial charge in [-0.1, -0.05) is 11.6 Å². The maximum absolute atomic E-state index is 12.8. The summed E-state index contributed by atoms with van der Waals surface area (Å²) in [7, 11) is 4.47. The van der Waals surface area contributed by atoms with Crippen LogP contribution in [0.15, 0.2) is 30.3 Å². The molecule has 168 valence electrons. The minimum absolute atomic E-state index is 0.0911. The number of ether oxygens (including phenoxy) is 3. The number of benzene rings is 2. The number of amides is 2. The molecule has 4 rings (SSSR count). The summed E-state index contributed by atoms with van der Waals surface area (Å²) < 4.78 is 15.9. The van der Waals surface area contributed by atoms with Crippen LogP contribution in [-0.4, -0.2) is 56.1 Å². The maximum atomic E-state index is 12.8. The third-order valence-corrected chi connectivity index (χ3v) is 5.81. The van der Waals surface area contributed by atoms with Gasteiger partial charge in [-0.3, -0.25) is 9.59 Å². The van der Waals surface area contributed by atoms with E-state index in [1.54, 1.807) is 17.0 Å². The summed E-state index contributed by atoms with van der Waals surface area (Å²) in [6.45, 7) is 3.10. The molecule has 0 fully saturated rings. The largest absolute Gasteiger partial charge is 0.493 e. The Hall–Kier alpha value is -3.68. The zero-order chi connectivity index (χ0) is 22.8. The minimum atomic E-state index is -0.391. The van der Waals surface area contributed by atoms with Gasteiger partial charge in [0.25, 0.3) is 5.91 Å². The molecule has 0 atom stereocenters. The van der Waals surface area contributed by atoms with Crippen molar-refractivity contribution in [3.63, 3.8) is 0 Å². The Balaban J connectivity index is 1.45. The molecule has 2 heterocycles. The first-order valence-electron chi connectivity index (χ1n) is 10.4. The Labute approximate surface area is 186 Å². The Morgan fingerprint density at radius 1 is 1.06 bits per heavy atom. The van der Waals surface area contributed by atoms with Gasteiger partial charge in [0.2, 0.25) is 11.7 Å². The highest BCUT2D eigenvalue weighted by Crippen LogP contribution is 2.38. The Morgan fingerprint density at radius 2 is 1.78 bits per heavy atom. The van der Waals surface area contributed by atoms with Gasteiger partial charge in [-0.15, -0.1) is 0 Å². The molecule has 2 N–H and O–H groups in total. The normalized spacial score (nSPS) is 12.9. The third-order valence-electron chi connectivity index (χ3n) is 5.81. The molecule has 0 radical (unpaired) electrons. The number of aromatic nitrogens is 1. The number of H-pyrrole nitrogens is 1. The second-order valence-corrected chi connectivity index (χ2v) is 7.79. The first-order chi connectivity index (χ1) is 15.4. The van der Waals surface area contributed by atoms with E-state index >= 15 is 0 Å². The fourth-order valence-corrected chi connectivity index (χ4v) is 4.12. The van der Waals surface area contributed by atoms with E-state index in [1.165, 1.54) is 32.6 Å². The molecule has 0 aliphatic carbocycles. The molecule has 2 aromatic carbocycles. The van der Waals surface area contributed by atoms with Crippen LogP contribution < -0.4 is 19.5 Å². The van der Waals surface area contributed by atoms with Crippen molar-refractivity contribution in [2.75, 3.05) is 34.4 Å². The molecule has 0 unspecified atom stereocenters. The fourth-order valence-electron chi connectivity index (χ4n) is 4.12. The summed E-state index contributed by atoms with van der Waals surface area (Å²) in [4.78, 5) is 30.8. The van der Waals surface area contributed by atoms with Gasteiger partial charge in [0.15, 0.2) is 11.5 Å². The molecule has 1 aliphatic rings. The molecule has 1 aromatic heterocycles. The first kappa shape index (κ1) is 21.5. The highest BCUT2D eigenvalue weighted by molar-refractivity contribution is 5.97. The lowest BCUT2D eigenvalue weighted by Crippen LogP contribution is -2.42. The van der Waals surface area contributed by atoms with E-state index in [1.807, 2.05) is 0 Å². The van der Waals surface area contributed by atoms with E-state index in [2.05, 4.69) is 35.4 Å². The first-order valence-corrected chi connectivity index (χ1v) is 10.4. The topological polar surface area (TPSA) is 92.9 Å². The molecule has 0 saturated heterocycles. The van der Waals surface area contributed by atoms with Crippen LogP contribution in [0.5, 0.6) is 17.2 Å². The van der Waals surface area contributed by atoms with E-state index in [-0.39, 0.29) is 12.5 Å². The van der Waals surface area contributed by atoms with Crippen molar-refractivity contribution in [2.24, 2.45) is 0 Å². The van der Waals surface area contributed by atoms with Crippen LogP contribution in [0.3, 0.4) is 0 Å². The summed E-state index contributed by atoms with van der Waals surface area (Å²) in [6, 6.07) is 9.41. The van der Waals surface area contributed by atoms with E-state index in [9.17, 15) is 9.59 Å².